The van der Waals surface area contributed by atoms with Gasteiger partial charge in [-0.25, -0.2) is 4.98 Å². The summed E-state index contributed by atoms with van der Waals surface area (Å²) in [5.41, 5.74) is 2.19. The number of carbonyl (C=O) groups excluding carboxylic acids is 1. The van der Waals surface area contributed by atoms with Gasteiger partial charge < -0.3 is 9.88 Å². The maximum absolute atomic E-state index is 13.0. The largest absolute Gasteiger partial charge is 0.347 e. The Kier molecular flexibility index (Phi) is 3.45. The lowest BCUT2D eigenvalue weighted by molar-refractivity contribution is -0.140. The molecule has 1 amide bonds. The summed E-state index contributed by atoms with van der Waals surface area (Å²) in [5, 5.41) is 3.39. The van der Waals surface area contributed by atoms with E-state index in [0.29, 0.717) is 11.9 Å². The molecule has 0 aromatic carbocycles. The minimum Gasteiger partial charge on any atom is -0.347 e. The molecule has 5 nitrogen and oxygen atoms in total. The number of H-pyrrole nitrogens is 1. The van der Waals surface area contributed by atoms with Crippen LogP contribution in [-0.2, 0) is 17.8 Å². The van der Waals surface area contributed by atoms with Gasteiger partial charge in [0.15, 0.2) is 0 Å². The molecule has 3 atom stereocenters. The normalized spacial score (nSPS) is 32.4. The van der Waals surface area contributed by atoms with E-state index < -0.39 is 0 Å². The highest BCUT2D eigenvalue weighted by Gasteiger charge is 2.38. The van der Waals surface area contributed by atoms with Crippen LogP contribution in [0, 0.1) is 5.92 Å². The number of carbonyl (C=O) groups is 1. The van der Waals surface area contributed by atoms with Gasteiger partial charge in [-0.1, -0.05) is 12.8 Å². The van der Waals surface area contributed by atoms with Crippen molar-refractivity contribution in [1.29, 1.82) is 0 Å². The van der Waals surface area contributed by atoms with Crippen LogP contribution in [0.4, 0.5) is 0 Å². The molecule has 2 aliphatic heterocycles. The molecule has 3 aliphatic rings. The van der Waals surface area contributed by atoms with Gasteiger partial charge in [-0.15, -0.1) is 0 Å². The predicted octanol–water partition coefficient (Wildman–Crippen LogP) is 1.61. The summed E-state index contributed by atoms with van der Waals surface area (Å²) in [6.07, 6.45) is 10.1. The minimum absolute atomic E-state index is 0.0820. The van der Waals surface area contributed by atoms with Crippen LogP contribution >= 0.6 is 0 Å². The summed E-state index contributed by atoms with van der Waals surface area (Å²) in [6.45, 7) is 1.68. The van der Waals surface area contributed by atoms with Gasteiger partial charge in [0.25, 0.3) is 0 Å². The predicted molar refractivity (Wildman–Crippen MR) is 79.6 cm³/mol. The van der Waals surface area contributed by atoms with Crippen molar-refractivity contribution >= 4 is 5.91 Å². The zero-order chi connectivity index (χ0) is 14.2. The number of likely N-dealkylation sites (tertiary alicyclic amines) is 1. The second kappa shape index (κ2) is 5.44. The molecule has 0 bridgehead atoms. The second-order valence-electron chi connectivity index (χ2n) is 6.75. The highest BCUT2D eigenvalue weighted by Crippen LogP contribution is 2.35. The van der Waals surface area contributed by atoms with Crippen LogP contribution in [0.3, 0.4) is 0 Å². The summed E-state index contributed by atoms with van der Waals surface area (Å²) in [7, 11) is 0. The van der Waals surface area contributed by atoms with Crippen molar-refractivity contribution < 1.29 is 4.79 Å². The molecule has 0 radical (unpaired) electrons. The van der Waals surface area contributed by atoms with E-state index in [1.807, 2.05) is 0 Å². The van der Waals surface area contributed by atoms with Gasteiger partial charge in [0, 0.05) is 25.6 Å². The molecule has 2 fully saturated rings. The topological polar surface area (TPSA) is 61.0 Å². The van der Waals surface area contributed by atoms with Gasteiger partial charge in [0.05, 0.1) is 23.8 Å². The van der Waals surface area contributed by atoms with Crippen LogP contribution in [0.1, 0.15) is 49.9 Å². The number of fused-ring (bicyclic) bond motifs is 2. The summed E-state index contributed by atoms with van der Waals surface area (Å²) >= 11 is 0. The van der Waals surface area contributed by atoms with Crippen molar-refractivity contribution in [3.8, 4) is 0 Å². The van der Waals surface area contributed by atoms with Crippen molar-refractivity contribution in [3.63, 3.8) is 0 Å². The molecule has 1 aromatic heterocycles. The monoisotopic (exact) mass is 288 g/mol. The van der Waals surface area contributed by atoms with Crippen LogP contribution in [0.2, 0.25) is 0 Å². The SMILES string of the molecule is O=C(C1Cc2nc[nH]c2CN1)N1CCCC2CCCCC21. The van der Waals surface area contributed by atoms with E-state index in [9.17, 15) is 4.79 Å². The molecule has 2 N–H and O–H groups in total. The average Bonchev–Trinajstić information content (AvgIpc) is 3.01. The molecule has 0 spiro atoms. The van der Waals surface area contributed by atoms with Gasteiger partial charge in [-0.3, -0.25) is 10.1 Å². The van der Waals surface area contributed by atoms with E-state index >= 15 is 0 Å². The van der Waals surface area contributed by atoms with Crippen LogP contribution in [0.15, 0.2) is 6.33 Å². The molecular weight excluding hydrogens is 264 g/mol. The fraction of sp³-hybridized carbons (Fsp3) is 0.750. The van der Waals surface area contributed by atoms with Gasteiger partial charge in [-0.05, 0) is 31.6 Å². The highest BCUT2D eigenvalue weighted by atomic mass is 16.2. The maximum atomic E-state index is 13.0. The van der Waals surface area contributed by atoms with E-state index in [-0.39, 0.29) is 6.04 Å². The molecule has 5 heteroatoms. The Balaban J connectivity index is 1.49. The first-order valence-electron chi connectivity index (χ1n) is 8.38. The third-order valence-corrected chi connectivity index (χ3v) is 5.55. The Hall–Kier alpha value is -1.36. The van der Waals surface area contributed by atoms with Crippen LogP contribution in [0.5, 0.6) is 0 Å². The van der Waals surface area contributed by atoms with E-state index in [1.54, 1.807) is 6.33 Å². The zero-order valence-corrected chi connectivity index (χ0v) is 12.5. The fourth-order valence-electron chi connectivity index (χ4n) is 4.44. The summed E-state index contributed by atoms with van der Waals surface area (Å²) in [6, 6.07) is 0.420. The number of nitrogens with zero attached hydrogens (tertiary/aromatic N) is 2. The Bertz CT molecular complexity index is 524. The van der Waals surface area contributed by atoms with Crippen molar-refractivity contribution in [2.75, 3.05) is 6.54 Å². The van der Waals surface area contributed by atoms with E-state index in [2.05, 4.69) is 20.2 Å². The van der Waals surface area contributed by atoms with Crippen LogP contribution in [-0.4, -0.2) is 39.4 Å². The van der Waals surface area contributed by atoms with Crippen LogP contribution < -0.4 is 5.32 Å². The Labute approximate surface area is 125 Å². The third kappa shape index (κ3) is 2.37. The lowest BCUT2D eigenvalue weighted by Crippen LogP contribution is -2.56. The van der Waals surface area contributed by atoms with E-state index in [1.165, 1.54) is 38.5 Å². The molecule has 4 rings (SSSR count). The van der Waals surface area contributed by atoms with Crippen LogP contribution in [0.25, 0.3) is 0 Å². The molecule has 1 aromatic rings. The zero-order valence-electron chi connectivity index (χ0n) is 12.5. The number of hydrogen-bond acceptors (Lipinski definition) is 3. The quantitative estimate of drug-likeness (QED) is 0.825. The third-order valence-electron chi connectivity index (χ3n) is 5.55. The number of aromatic amines is 1. The lowest BCUT2D eigenvalue weighted by atomic mass is 9.78. The molecule has 3 heterocycles. The molecular formula is C16H24N4O. The molecule has 1 saturated heterocycles. The van der Waals surface area contributed by atoms with Gasteiger partial charge >= 0.3 is 0 Å². The molecule has 1 aliphatic carbocycles. The Morgan fingerprint density at radius 3 is 3.05 bits per heavy atom. The fourth-order valence-corrected chi connectivity index (χ4v) is 4.44. The van der Waals surface area contributed by atoms with Crippen molar-refractivity contribution in [2.45, 2.75) is 63.6 Å². The average molecular weight is 288 g/mol. The number of rotatable bonds is 1. The van der Waals surface area contributed by atoms with Crippen molar-refractivity contribution in [2.24, 2.45) is 5.92 Å². The number of nitrogens with one attached hydrogen (secondary N) is 2. The Morgan fingerprint density at radius 2 is 2.10 bits per heavy atom. The molecule has 114 valence electrons. The van der Waals surface area contributed by atoms with Gasteiger partial charge in [0.2, 0.25) is 5.91 Å². The Morgan fingerprint density at radius 1 is 1.24 bits per heavy atom. The highest BCUT2D eigenvalue weighted by molar-refractivity contribution is 5.83. The number of amides is 1. The standard InChI is InChI=1S/C16H24N4O/c21-16(13-8-12-14(9-17-13)19-10-18-12)20-7-3-5-11-4-1-2-6-15(11)20/h10-11,13,15,17H,1-9H2,(H,18,19). The lowest BCUT2D eigenvalue weighted by Gasteiger charge is -2.45. The first kappa shape index (κ1) is 13.3. The first-order chi connectivity index (χ1) is 10.3. The van der Waals surface area contributed by atoms with Gasteiger partial charge in [-0.2, -0.15) is 0 Å². The first-order valence-corrected chi connectivity index (χ1v) is 8.38. The molecule has 3 unspecified atom stereocenters. The maximum Gasteiger partial charge on any atom is 0.240 e. The summed E-state index contributed by atoms with van der Waals surface area (Å²) in [5.74, 6) is 1.06. The number of hydrogen-bond donors (Lipinski definition) is 2. The number of piperidine rings is 1. The van der Waals surface area contributed by atoms with E-state index in [4.69, 9.17) is 0 Å². The second-order valence-corrected chi connectivity index (χ2v) is 6.75. The summed E-state index contributed by atoms with van der Waals surface area (Å²) < 4.78 is 0. The van der Waals surface area contributed by atoms with E-state index in [0.717, 1.165) is 36.8 Å². The van der Waals surface area contributed by atoms with Crippen molar-refractivity contribution in [1.82, 2.24) is 20.2 Å². The van der Waals surface area contributed by atoms with Gasteiger partial charge in [0.1, 0.15) is 0 Å². The number of imidazole rings is 1. The molecule has 21 heavy (non-hydrogen) atoms. The summed E-state index contributed by atoms with van der Waals surface area (Å²) in [4.78, 5) is 22.7. The minimum atomic E-state index is -0.0820. The molecule has 1 saturated carbocycles. The number of aromatic nitrogens is 2. The van der Waals surface area contributed by atoms with Crippen molar-refractivity contribution in [3.05, 3.63) is 17.7 Å². The smallest absolute Gasteiger partial charge is 0.240 e.